The van der Waals surface area contributed by atoms with Crippen molar-refractivity contribution >= 4 is 28.1 Å². The number of aromatic nitrogens is 2. The van der Waals surface area contributed by atoms with Crippen LogP contribution in [0.5, 0.6) is 34.5 Å². The number of allylic oxidation sites excluding steroid dienone is 1. The largest absolute Gasteiger partial charge is 0.668 e. The summed E-state index contributed by atoms with van der Waals surface area (Å²) in [5, 5.41) is 74.5. The van der Waals surface area contributed by atoms with Gasteiger partial charge in [0.2, 0.25) is 5.75 Å². The number of pyridine rings is 1. The molecule has 69 heavy (non-hydrogen) atoms. The van der Waals surface area contributed by atoms with Crippen LogP contribution in [-0.4, -0.2) is 66.8 Å². The van der Waals surface area contributed by atoms with Gasteiger partial charge in [-0.3, -0.25) is 4.79 Å². The highest BCUT2D eigenvalue weighted by Gasteiger charge is 2.57. The number of carbonyl (C=O) groups excluding carboxylic acids is 1. The normalized spacial score (nSPS) is 25.1. The number of carbonyl (C=O) groups is 1. The molecule has 4 aromatic carbocycles. The van der Waals surface area contributed by atoms with E-state index in [0.717, 1.165) is 70.1 Å². The van der Waals surface area contributed by atoms with Gasteiger partial charge in [-0.1, -0.05) is 49.4 Å². The number of nitrogens with one attached hydrogen (secondary N) is 1. The van der Waals surface area contributed by atoms with Crippen LogP contribution in [0.1, 0.15) is 97.7 Å². The number of hydrogen-bond donors (Lipinski definition) is 7. The van der Waals surface area contributed by atoms with Gasteiger partial charge in [0.25, 0.3) is 0 Å². The van der Waals surface area contributed by atoms with Gasteiger partial charge >= 0.3 is 0 Å². The molecule has 0 saturated heterocycles. The average Bonchev–Trinajstić information content (AvgIpc) is 3.99. The number of benzene rings is 4. The number of phenolic OH excluding ortho intramolecular Hbond substituents is 4. The highest BCUT2D eigenvalue weighted by molar-refractivity contribution is 5.92. The zero-order valence-electron chi connectivity index (χ0n) is 39.1. The van der Waals surface area contributed by atoms with Crippen LogP contribution in [0.4, 0.5) is 11.5 Å². The van der Waals surface area contributed by atoms with E-state index in [4.69, 9.17) is 14.5 Å². The van der Waals surface area contributed by atoms with Crippen molar-refractivity contribution in [3.05, 3.63) is 137 Å². The van der Waals surface area contributed by atoms with Crippen molar-refractivity contribution < 1.29 is 44.9 Å². The number of ether oxygens (including phenoxy) is 2. The molecule has 8 atom stereocenters. The van der Waals surface area contributed by atoms with Crippen LogP contribution in [0.3, 0.4) is 0 Å². The molecule has 1 spiro atoms. The standard InChI is InChI=1S/C57H62N3O9/c1-33-5-2-6-34(25-33)32-69-52-29-38(28-51(66)55(52)67)36-9-14-44-42-15-13-41(61)26-37(42)10-16-46(44)60-53-30-39(20-23-59-53)57(21-19-47(62)45(57)31-40-7-3-22-58-40)54(50(65)27-36)48(63)17-11-35-12-18-49(64)56-43(35)8-4-24-68-56/h2-3,6-7,10,12-13,15-16,18,20,22-23,26,28-30,33-34,36,45,47-48,54,61-64,66-67H,4-5,8-9,11,14,17,19,21,24-25,27,31-32H2,1H3,(H,59,60)/q-1. The Labute approximate surface area is 402 Å². The van der Waals surface area contributed by atoms with Gasteiger partial charge in [-0.2, -0.15) is 11.9 Å². The smallest absolute Gasteiger partial charge is 0.200 e. The van der Waals surface area contributed by atoms with Crippen molar-refractivity contribution in [2.75, 3.05) is 18.5 Å². The number of aryl methyl sites for hydroxylation is 2. The quantitative estimate of drug-likeness (QED) is 0.0509. The Bertz CT molecular complexity index is 2860. The number of anilines is 2. The second-order valence-corrected chi connectivity index (χ2v) is 20.1. The predicted octanol–water partition coefficient (Wildman–Crippen LogP) is 9.61. The Morgan fingerprint density at radius 3 is 2.70 bits per heavy atom. The predicted molar refractivity (Wildman–Crippen MR) is 264 cm³/mol. The molecule has 0 amide bonds. The Morgan fingerprint density at radius 2 is 1.86 bits per heavy atom. The number of aromatic hydroxyl groups is 4. The Kier molecular flexibility index (Phi) is 13.1. The van der Waals surface area contributed by atoms with Crippen molar-refractivity contribution in [2.24, 2.45) is 23.7 Å². The van der Waals surface area contributed by atoms with Crippen LogP contribution in [0.2, 0.25) is 0 Å². The minimum atomic E-state index is -1.19. The number of fused-ring (bicyclic) bond motifs is 7. The third-order valence-electron chi connectivity index (χ3n) is 15.7. The molecular formula is C57H62N3O9-. The summed E-state index contributed by atoms with van der Waals surface area (Å²) >= 11 is 0. The highest BCUT2D eigenvalue weighted by atomic mass is 16.5. The molecular weight excluding hydrogens is 871 g/mol. The number of phenols is 4. The summed E-state index contributed by atoms with van der Waals surface area (Å²) in [7, 11) is 0. The van der Waals surface area contributed by atoms with Gasteiger partial charge in [-0.15, -0.1) is 0 Å². The van der Waals surface area contributed by atoms with Gasteiger partial charge in [0.15, 0.2) is 23.0 Å². The van der Waals surface area contributed by atoms with E-state index >= 15 is 4.79 Å². The fourth-order valence-corrected chi connectivity index (χ4v) is 12.3. The fourth-order valence-electron chi connectivity index (χ4n) is 12.3. The number of rotatable bonds is 10. The van der Waals surface area contributed by atoms with Gasteiger partial charge in [0, 0.05) is 35.2 Å². The van der Waals surface area contributed by atoms with E-state index in [1.54, 1.807) is 36.7 Å². The number of Topliss-reactive ketones (excluding diaryl/α,β-unsaturated/α-hetero) is 1. The first-order valence-electron chi connectivity index (χ1n) is 24.7. The minimum Gasteiger partial charge on any atom is -0.668 e. The first-order valence-corrected chi connectivity index (χ1v) is 24.7. The first-order chi connectivity index (χ1) is 33.4. The van der Waals surface area contributed by atoms with E-state index in [0.29, 0.717) is 74.8 Å². The van der Waals surface area contributed by atoms with Crippen LogP contribution in [0.25, 0.3) is 10.8 Å². The van der Waals surface area contributed by atoms with Gasteiger partial charge in [-0.05, 0) is 170 Å². The van der Waals surface area contributed by atoms with Crippen LogP contribution < -0.4 is 19.8 Å². The van der Waals surface area contributed by atoms with Crippen molar-refractivity contribution in [1.82, 2.24) is 9.97 Å². The molecule has 12 nitrogen and oxygen atoms in total. The maximum Gasteiger partial charge on any atom is 0.200 e. The summed E-state index contributed by atoms with van der Waals surface area (Å²) in [5.74, 6) is -1.02. The van der Waals surface area contributed by atoms with Crippen LogP contribution in [0, 0.1) is 23.7 Å². The zero-order chi connectivity index (χ0) is 47.8. The fraction of sp³-hybridized carbons (Fsp3) is 0.404. The Balaban J connectivity index is 1.12. The van der Waals surface area contributed by atoms with Crippen molar-refractivity contribution in [1.29, 1.82) is 0 Å². The molecule has 8 unspecified atom stereocenters. The van der Waals surface area contributed by atoms with Crippen LogP contribution in [0.15, 0.2) is 103 Å². The number of aliphatic hydroxyl groups excluding tert-OH is 2. The van der Waals surface area contributed by atoms with Gasteiger partial charge in [-0.25, -0.2) is 4.98 Å². The summed E-state index contributed by atoms with van der Waals surface area (Å²) < 4.78 is 12.2. The van der Waals surface area contributed by atoms with E-state index in [-0.39, 0.29) is 53.3 Å². The third kappa shape index (κ3) is 9.24. The second-order valence-electron chi connectivity index (χ2n) is 20.1. The first kappa shape index (κ1) is 46.2. The average molecular weight is 933 g/mol. The molecule has 2 aromatic heterocycles. The lowest BCUT2D eigenvalue weighted by Gasteiger charge is -2.46. The van der Waals surface area contributed by atoms with E-state index in [9.17, 15) is 30.6 Å². The number of nitrogens with zero attached hydrogens (tertiary/aromatic N) is 2. The summed E-state index contributed by atoms with van der Waals surface area (Å²) in [4.78, 5) is 25.6. The molecule has 6 aromatic rings. The molecule has 4 aliphatic rings. The molecule has 2 aliphatic carbocycles. The maximum absolute atomic E-state index is 16.1. The topological polar surface area (TPSA) is 196 Å². The van der Waals surface area contributed by atoms with E-state index in [1.165, 1.54) is 6.07 Å². The lowest BCUT2D eigenvalue weighted by molar-refractivity contribution is -0.132. The Hall–Kier alpha value is -6.50. The third-order valence-corrected chi connectivity index (χ3v) is 15.7. The lowest BCUT2D eigenvalue weighted by atomic mass is 9.58. The molecule has 10 rings (SSSR count). The van der Waals surface area contributed by atoms with Crippen LogP contribution in [-0.2, 0) is 35.9 Å². The highest BCUT2D eigenvalue weighted by Crippen LogP contribution is 2.55. The van der Waals surface area contributed by atoms with Crippen molar-refractivity contribution in [3.63, 3.8) is 0 Å². The monoisotopic (exact) mass is 932 g/mol. The maximum atomic E-state index is 16.1. The van der Waals surface area contributed by atoms with Gasteiger partial charge < -0.3 is 50.4 Å². The SMILES string of the molecule is CC1CC=CC(COc2cc(C3CCc4c(ccc5cc(O)ccc45)Nc4cc(ccn4)C4(CCC(O)C4Cc4ccc[n-]4)C(C(O)CCc4ccc(O)c5c4CCCO5)C(=O)C3)cc(O)c2O)C1. The second kappa shape index (κ2) is 19.5. The molecule has 360 valence electrons. The molecule has 12 heteroatoms. The van der Waals surface area contributed by atoms with E-state index in [1.807, 2.05) is 48.5 Å². The lowest BCUT2D eigenvalue weighted by Crippen LogP contribution is -2.51. The minimum absolute atomic E-state index is 0.0395. The number of aliphatic hydroxyl groups is 2. The van der Waals surface area contributed by atoms with E-state index < -0.39 is 35.4 Å². The molecule has 7 N–H and O–H groups in total. The van der Waals surface area contributed by atoms with Gasteiger partial charge in [0.1, 0.15) is 17.4 Å². The molecule has 2 aliphatic heterocycles. The Morgan fingerprint density at radius 1 is 0.971 bits per heavy atom. The number of hydrogen-bond acceptors (Lipinski definition) is 11. The molecule has 1 fully saturated rings. The summed E-state index contributed by atoms with van der Waals surface area (Å²) in [6, 6.07) is 23.7. The molecule has 2 bridgehead atoms. The van der Waals surface area contributed by atoms with Crippen molar-refractivity contribution in [3.8, 4) is 34.5 Å². The van der Waals surface area contributed by atoms with E-state index in [2.05, 4.69) is 29.4 Å². The molecule has 4 heterocycles. The van der Waals surface area contributed by atoms with Gasteiger partial charge in [0.05, 0.1) is 31.3 Å². The summed E-state index contributed by atoms with van der Waals surface area (Å²) in [6.45, 7) is 3.01. The number of ketones is 1. The zero-order valence-corrected chi connectivity index (χ0v) is 39.1. The van der Waals surface area contributed by atoms with Crippen molar-refractivity contribution in [2.45, 2.75) is 108 Å². The summed E-state index contributed by atoms with van der Waals surface area (Å²) in [6.07, 6.45) is 11.8. The van der Waals surface area contributed by atoms with Crippen LogP contribution >= 0.6 is 0 Å². The molecule has 1 saturated carbocycles. The molecule has 0 radical (unpaired) electrons. The summed E-state index contributed by atoms with van der Waals surface area (Å²) in [5.41, 5.74) is 4.65.